The van der Waals surface area contributed by atoms with E-state index in [9.17, 15) is 9.59 Å². The van der Waals surface area contributed by atoms with Crippen LogP contribution in [-0.2, 0) is 0 Å². The smallest absolute Gasteiger partial charge is 0.261 e. The summed E-state index contributed by atoms with van der Waals surface area (Å²) in [4.78, 5) is 32.2. The Morgan fingerprint density at radius 1 is 1.10 bits per heavy atom. The molecule has 0 unspecified atom stereocenters. The molecule has 0 spiro atoms. The van der Waals surface area contributed by atoms with Gasteiger partial charge in [0.05, 0.1) is 17.1 Å². The zero-order chi connectivity index (χ0) is 20.0. The molecule has 9 nitrogen and oxygen atoms in total. The van der Waals surface area contributed by atoms with E-state index in [0.717, 1.165) is 11.4 Å². The summed E-state index contributed by atoms with van der Waals surface area (Å²) in [6.45, 7) is 1.83. The maximum Gasteiger partial charge on any atom is 0.261 e. The molecule has 2 aromatic carbocycles. The molecule has 3 heterocycles. The van der Waals surface area contributed by atoms with Gasteiger partial charge in [0, 0.05) is 11.3 Å². The lowest BCUT2D eigenvalue weighted by molar-refractivity contribution is 0.102. The maximum atomic E-state index is 12.8. The zero-order valence-corrected chi connectivity index (χ0v) is 15.3. The van der Waals surface area contributed by atoms with Crippen molar-refractivity contribution in [2.24, 2.45) is 0 Å². The number of rotatable bonds is 3. The Hall–Kier alpha value is -4.27. The van der Waals surface area contributed by atoms with E-state index in [0.29, 0.717) is 28.1 Å². The van der Waals surface area contributed by atoms with Crippen molar-refractivity contribution in [3.05, 3.63) is 76.5 Å². The molecule has 0 fully saturated rings. The molecule has 0 aliphatic rings. The van der Waals surface area contributed by atoms with Crippen LogP contribution in [0.4, 0.5) is 5.69 Å². The molecule has 3 aromatic heterocycles. The molecule has 142 valence electrons. The first kappa shape index (κ1) is 16.9. The molecule has 3 N–H and O–H groups in total. The number of nitrogens with one attached hydrogen (secondary N) is 3. The van der Waals surface area contributed by atoms with Gasteiger partial charge in [0.25, 0.3) is 11.5 Å². The second kappa shape index (κ2) is 6.41. The Kier molecular flexibility index (Phi) is 3.73. The minimum Gasteiger partial charge on any atom is -0.322 e. The lowest BCUT2D eigenvalue weighted by atomic mass is 10.2. The first-order valence-electron chi connectivity index (χ1n) is 8.90. The molecular formula is C20H15N7O2. The van der Waals surface area contributed by atoms with Crippen molar-refractivity contribution >= 4 is 28.1 Å². The molecule has 0 radical (unpaired) electrons. The third-order valence-corrected chi connectivity index (χ3v) is 4.62. The number of carbonyl (C=O) groups excluding carboxylic acids is 1. The SMILES string of the molecule is Cc1nc(-c2ccc(NC(=O)c3cnn4c3[nH]c(=O)c3ccccc34)cc2)n[nH]1. The van der Waals surface area contributed by atoms with Crippen LogP contribution in [0, 0.1) is 6.92 Å². The standard InChI is InChI=1S/C20H15N7O2/c1-11-22-17(26-25-11)12-6-8-13(9-7-12)23-20(29)15-10-21-27-16-5-3-2-4-14(16)19(28)24-18(15)27/h2-10H,1H3,(H,23,29)(H,24,28)(H,22,25,26). The van der Waals surface area contributed by atoms with Gasteiger partial charge in [-0.1, -0.05) is 12.1 Å². The van der Waals surface area contributed by atoms with E-state index in [1.165, 1.54) is 6.20 Å². The van der Waals surface area contributed by atoms with E-state index in [1.54, 1.807) is 34.8 Å². The normalized spacial score (nSPS) is 11.2. The number of nitrogens with zero attached hydrogens (tertiary/aromatic N) is 4. The highest BCUT2D eigenvalue weighted by molar-refractivity contribution is 6.08. The predicted octanol–water partition coefficient (Wildman–Crippen LogP) is 2.52. The van der Waals surface area contributed by atoms with Crippen LogP contribution in [0.1, 0.15) is 16.2 Å². The number of carbonyl (C=O) groups is 1. The Morgan fingerprint density at radius 3 is 2.66 bits per heavy atom. The van der Waals surface area contributed by atoms with Crippen LogP contribution in [0.2, 0.25) is 0 Å². The van der Waals surface area contributed by atoms with Crippen molar-refractivity contribution in [1.82, 2.24) is 29.8 Å². The zero-order valence-electron chi connectivity index (χ0n) is 15.3. The third kappa shape index (κ3) is 2.85. The van der Waals surface area contributed by atoms with E-state index in [1.807, 2.05) is 25.1 Å². The van der Waals surface area contributed by atoms with Gasteiger partial charge in [0.1, 0.15) is 17.0 Å². The molecule has 0 aliphatic heterocycles. The summed E-state index contributed by atoms with van der Waals surface area (Å²) in [5.41, 5.74) is 2.43. The molecule has 0 bridgehead atoms. The largest absolute Gasteiger partial charge is 0.322 e. The number of anilines is 1. The van der Waals surface area contributed by atoms with Crippen LogP contribution >= 0.6 is 0 Å². The van der Waals surface area contributed by atoms with Crippen molar-refractivity contribution in [2.45, 2.75) is 6.92 Å². The number of aromatic nitrogens is 6. The van der Waals surface area contributed by atoms with E-state index in [4.69, 9.17) is 0 Å². The number of para-hydroxylation sites is 1. The fourth-order valence-electron chi connectivity index (χ4n) is 3.22. The molecule has 0 saturated heterocycles. The van der Waals surface area contributed by atoms with Crippen LogP contribution in [0.15, 0.2) is 59.5 Å². The predicted molar refractivity (Wildman–Crippen MR) is 108 cm³/mol. The van der Waals surface area contributed by atoms with E-state index < -0.39 is 0 Å². The quantitative estimate of drug-likeness (QED) is 0.441. The number of amides is 1. The van der Waals surface area contributed by atoms with Crippen LogP contribution < -0.4 is 10.9 Å². The van der Waals surface area contributed by atoms with Crippen LogP contribution in [-0.4, -0.2) is 35.7 Å². The van der Waals surface area contributed by atoms with Gasteiger partial charge in [-0.3, -0.25) is 14.7 Å². The number of fused-ring (bicyclic) bond motifs is 3. The maximum absolute atomic E-state index is 12.8. The summed E-state index contributed by atoms with van der Waals surface area (Å²) in [7, 11) is 0. The van der Waals surface area contributed by atoms with Gasteiger partial charge in [-0.2, -0.15) is 10.2 Å². The highest BCUT2D eigenvalue weighted by Gasteiger charge is 2.16. The van der Waals surface area contributed by atoms with Gasteiger partial charge < -0.3 is 10.3 Å². The van der Waals surface area contributed by atoms with Gasteiger partial charge in [-0.05, 0) is 43.3 Å². The van der Waals surface area contributed by atoms with Crippen molar-refractivity contribution in [3.8, 4) is 11.4 Å². The van der Waals surface area contributed by atoms with E-state index in [-0.39, 0.29) is 17.0 Å². The van der Waals surface area contributed by atoms with Gasteiger partial charge in [-0.25, -0.2) is 9.50 Å². The van der Waals surface area contributed by atoms with Gasteiger partial charge >= 0.3 is 0 Å². The van der Waals surface area contributed by atoms with Crippen molar-refractivity contribution in [2.75, 3.05) is 5.32 Å². The molecule has 5 rings (SSSR count). The van der Waals surface area contributed by atoms with Gasteiger partial charge in [0.2, 0.25) is 0 Å². The van der Waals surface area contributed by atoms with E-state index >= 15 is 0 Å². The molecular weight excluding hydrogens is 370 g/mol. The number of aryl methyl sites for hydroxylation is 1. The molecule has 0 saturated carbocycles. The number of aromatic amines is 2. The molecule has 29 heavy (non-hydrogen) atoms. The highest BCUT2D eigenvalue weighted by Crippen LogP contribution is 2.19. The first-order chi connectivity index (χ1) is 14.1. The number of benzene rings is 2. The van der Waals surface area contributed by atoms with Crippen molar-refractivity contribution in [3.63, 3.8) is 0 Å². The van der Waals surface area contributed by atoms with Crippen molar-refractivity contribution < 1.29 is 4.79 Å². The van der Waals surface area contributed by atoms with Crippen LogP contribution in [0.25, 0.3) is 27.9 Å². The Labute approximate surface area is 163 Å². The summed E-state index contributed by atoms with van der Waals surface area (Å²) in [5.74, 6) is 0.951. The average molecular weight is 385 g/mol. The van der Waals surface area contributed by atoms with Crippen LogP contribution in [0.3, 0.4) is 0 Å². The molecule has 0 aliphatic carbocycles. The third-order valence-electron chi connectivity index (χ3n) is 4.62. The summed E-state index contributed by atoms with van der Waals surface area (Å²) in [5, 5.41) is 14.5. The monoisotopic (exact) mass is 385 g/mol. The number of hydrogen-bond acceptors (Lipinski definition) is 5. The molecule has 0 atom stereocenters. The minimum atomic E-state index is -0.368. The fraction of sp³-hybridized carbons (Fsp3) is 0.0500. The Morgan fingerprint density at radius 2 is 1.90 bits per heavy atom. The summed E-state index contributed by atoms with van der Waals surface area (Å²) in [6.07, 6.45) is 1.44. The average Bonchev–Trinajstić information content (AvgIpc) is 3.35. The summed E-state index contributed by atoms with van der Waals surface area (Å²) < 4.78 is 1.56. The Bertz CT molecular complexity index is 1430. The van der Waals surface area contributed by atoms with Gasteiger partial charge in [0.15, 0.2) is 5.82 Å². The second-order valence-corrected chi connectivity index (χ2v) is 6.57. The van der Waals surface area contributed by atoms with E-state index in [2.05, 4.69) is 30.6 Å². The Balaban J connectivity index is 1.47. The number of H-pyrrole nitrogens is 2. The number of hydrogen-bond donors (Lipinski definition) is 3. The molecule has 5 aromatic rings. The van der Waals surface area contributed by atoms with Crippen LogP contribution in [0.5, 0.6) is 0 Å². The minimum absolute atomic E-state index is 0.270. The second-order valence-electron chi connectivity index (χ2n) is 6.57. The molecule has 1 amide bonds. The first-order valence-corrected chi connectivity index (χ1v) is 8.90. The summed E-state index contributed by atoms with van der Waals surface area (Å²) >= 11 is 0. The lowest BCUT2D eigenvalue weighted by Gasteiger charge is -2.05. The highest BCUT2D eigenvalue weighted by atomic mass is 16.2. The summed E-state index contributed by atoms with van der Waals surface area (Å²) in [6, 6.07) is 14.3. The lowest BCUT2D eigenvalue weighted by Crippen LogP contribution is -2.15. The molecule has 9 heteroatoms. The topological polar surface area (TPSA) is 121 Å². The van der Waals surface area contributed by atoms with Crippen molar-refractivity contribution in [1.29, 1.82) is 0 Å². The fourth-order valence-corrected chi connectivity index (χ4v) is 3.22. The van der Waals surface area contributed by atoms with Gasteiger partial charge in [-0.15, -0.1) is 0 Å².